The Morgan fingerprint density at radius 1 is 1.40 bits per heavy atom. The van der Waals surface area contributed by atoms with E-state index in [1.807, 2.05) is 17.0 Å². The van der Waals surface area contributed by atoms with Crippen LogP contribution in [0.25, 0.3) is 0 Å². The van der Waals surface area contributed by atoms with E-state index in [1.54, 1.807) is 13.2 Å². The van der Waals surface area contributed by atoms with E-state index in [9.17, 15) is 4.79 Å². The molecule has 1 amide bonds. The summed E-state index contributed by atoms with van der Waals surface area (Å²) >= 11 is 0. The highest BCUT2D eigenvalue weighted by Crippen LogP contribution is 2.16. The number of nitrogens with two attached hydrogens (primary N) is 1. The number of carbonyl (C=O) groups is 1. The Bertz CT molecular complexity index is 444. The van der Waals surface area contributed by atoms with Crippen LogP contribution in [0.3, 0.4) is 0 Å². The Morgan fingerprint density at radius 2 is 2.15 bits per heavy atom. The molecule has 0 saturated carbocycles. The zero-order chi connectivity index (χ0) is 14.4. The van der Waals surface area contributed by atoms with Crippen LogP contribution < -0.4 is 10.5 Å². The van der Waals surface area contributed by atoms with Crippen LogP contribution in [-0.4, -0.2) is 42.5 Å². The molecule has 1 aromatic rings. The van der Waals surface area contributed by atoms with E-state index in [4.69, 9.17) is 10.5 Å². The van der Waals surface area contributed by atoms with Crippen molar-refractivity contribution in [2.75, 3.05) is 26.7 Å². The molecule has 1 unspecified atom stereocenters. The van der Waals surface area contributed by atoms with Gasteiger partial charge in [0, 0.05) is 37.8 Å². The topological polar surface area (TPSA) is 68.5 Å². The lowest BCUT2D eigenvalue weighted by Crippen LogP contribution is -2.42. The number of piperidine rings is 1. The van der Waals surface area contributed by atoms with Crippen LogP contribution in [-0.2, 0) is 11.2 Å². The quantitative estimate of drug-likeness (QED) is 0.878. The SMILES string of the molecule is COc1cccc(CC(CN)C(=O)N2CCCCC2)n1. The second kappa shape index (κ2) is 7.24. The van der Waals surface area contributed by atoms with Crippen LogP contribution >= 0.6 is 0 Å². The molecule has 110 valence electrons. The summed E-state index contributed by atoms with van der Waals surface area (Å²) in [5.41, 5.74) is 6.64. The van der Waals surface area contributed by atoms with Crippen molar-refractivity contribution in [2.45, 2.75) is 25.7 Å². The molecular weight excluding hydrogens is 254 g/mol. The molecule has 20 heavy (non-hydrogen) atoms. The summed E-state index contributed by atoms with van der Waals surface area (Å²) in [7, 11) is 1.59. The molecule has 5 heteroatoms. The number of amides is 1. The minimum atomic E-state index is -0.187. The number of carbonyl (C=O) groups excluding carboxylic acids is 1. The van der Waals surface area contributed by atoms with Gasteiger partial charge in [-0.3, -0.25) is 4.79 Å². The normalized spacial score (nSPS) is 16.8. The number of rotatable bonds is 5. The molecule has 2 heterocycles. The van der Waals surface area contributed by atoms with Gasteiger partial charge in [-0.1, -0.05) is 6.07 Å². The van der Waals surface area contributed by atoms with Crippen molar-refractivity contribution in [1.29, 1.82) is 0 Å². The minimum Gasteiger partial charge on any atom is -0.481 e. The first-order valence-corrected chi connectivity index (χ1v) is 7.23. The molecule has 1 aliphatic heterocycles. The third kappa shape index (κ3) is 3.70. The van der Waals surface area contributed by atoms with Gasteiger partial charge in [0.1, 0.15) is 0 Å². The van der Waals surface area contributed by atoms with Crippen molar-refractivity contribution in [3.05, 3.63) is 23.9 Å². The van der Waals surface area contributed by atoms with E-state index >= 15 is 0 Å². The molecular formula is C15H23N3O2. The number of pyridine rings is 1. The maximum atomic E-state index is 12.5. The summed E-state index contributed by atoms with van der Waals surface area (Å²) in [6.07, 6.45) is 3.98. The smallest absolute Gasteiger partial charge is 0.227 e. The first-order valence-electron chi connectivity index (χ1n) is 7.23. The van der Waals surface area contributed by atoms with E-state index < -0.39 is 0 Å². The zero-order valence-corrected chi connectivity index (χ0v) is 12.0. The molecule has 1 fully saturated rings. The van der Waals surface area contributed by atoms with Gasteiger partial charge in [-0.2, -0.15) is 0 Å². The molecule has 2 N–H and O–H groups in total. The first-order chi connectivity index (χ1) is 9.74. The van der Waals surface area contributed by atoms with Crippen molar-refractivity contribution in [2.24, 2.45) is 11.7 Å². The third-order valence-corrected chi connectivity index (χ3v) is 3.75. The highest BCUT2D eigenvalue weighted by Gasteiger charge is 2.25. The summed E-state index contributed by atoms with van der Waals surface area (Å²) in [5, 5.41) is 0. The van der Waals surface area contributed by atoms with Crippen LogP contribution in [0.2, 0.25) is 0 Å². The van der Waals surface area contributed by atoms with Gasteiger partial charge in [-0.15, -0.1) is 0 Å². The lowest BCUT2D eigenvalue weighted by atomic mass is 9.99. The van der Waals surface area contributed by atoms with E-state index in [0.29, 0.717) is 18.8 Å². The Hall–Kier alpha value is -1.62. The monoisotopic (exact) mass is 277 g/mol. The number of ether oxygens (including phenoxy) is 1. The van der Waals surface area contributed by atoms with Crippen LogP contribution in [0.4, 0.5) is 0 Å². The fourth-order valence-corrected chi connectivity index (χ4v) is 2.58. The molecule has 1 aromatic heterocycles. The van der Waals surface area contributed by atoms with Crippen molar-refractivity contribution < 1.29 is 9.53 Å². The molecule has 0 spiro atoms. The Kier molecular flexibility index (Phi) is 5.35. The number of hydrogen-bond donors (Lipinski definition) is 1. The third-order valence-electron chi connectivity index (χ3n) is 3.75. The summed E-state index contributed by atoms with van der Waals surface area (Å²) in [6.45, 7) is 2.08. The largest absolute Gasteiger partial charge is 0.481 e. The fraction of sp³-hybridized carbons (Fsp3) is 0.600. The molecule has 0 aliphatic carbocycles. The first kappa shape index (κ1) is 14.8. The van der Waals surface area contributed by atoms with E-state index in [0.717, 1.165) is 31.6 Å². The van der Waals surface area contributed by atoms with Crippen molar-refractivity contribution >= 4 is 5.91 Å². The van der Waals surface area contributed by atoms with E-state index in [1.165, 1.54) is 6.42 Å². The minimum absolute atomic E-state index is 0.164. The van der Waals surface area contributed by atoms with Gasteiger partial charge in [0.15, 0.2) is 0 Å². The maximum Gasteiger partial charge on any atom is 0.227 e. The van der Waals surface area contributed by atoms with Crippen molar-refractivity contribution in [3.8, 4) is 5.88 Å². The van der Waals surface area contributed by atoms with Gasteiger partial charge >= 0.3 is 0 Å². The molecule has 1 aliphatic rings. The highest BCUT2D eigenvalue weighted by atomic mass is 16.5. The van der Waals surface area contributed by atoms with Gasteiger partial charge in [-0.05, 0) is 25.3 Å². The molecule has 5 nitrogen and oxygen atoms in total. The summed E-state index contributed by atoms with van der Waals surface area (Å²) < 4.78 is 5.11. The second-order valence-electron chi connectivity index (χ2n) is 5.19. The predicted octanol–water partition coefficient (Wildman–Crippen LogP) is 1.22. The molecule has 0 bridgehead atoms. The number of methoxy groups -OCH3 is 1. The summed E-state index contributed by atoms with van der Waals surface area (Å²) in [4.78, 5) is 18.8. The van der Waals surface area contributed by atoms with Gasteiger partial charge in [0.25, 0.3) is 0 Å². The number of hydrogen-bond acceptors (Lipinski definition) is 4. The lowest BCUT2D eigenvalue weighted by molar-refractivity contribution is -0.136. The second-order valence-corrected chi connectivity index (χ2v) is 5.19. The van der Waals surface area contributed by atoms with Crippen LogP contribution in [0.5, 0.6) is 5.88 Å². The Balaban J connectivity index is 2.01. The average Bonchev–Trinajstić information content (AvgIpc) is 2.53. The maximum absolute atomic E-state index is 12.5. The van der Waals surface area contributed by atoms with Gasteiger partial charge in [0.05, 0.1) is 13.0 Å². The highest BCUT2D eigenvalue weighted by molar-refractivity contribution is 5.79. The molecule has 1 atom stereocenters. The lowest BCUT2D eigenvalue weighted by Gasteiger charge is -2.30. The number of aromatic nitrogens is 1. The average molecular weight is 277 g/mol. The standard InChI is InChI=1S/C15H23N3O2/c1-20-14-7-5-6-13(17-14)10-12(11-16)15(19)18-8-3-2-4-9-18/h5-7,12H,2-4,8-11,16H2,1H3. The predicted molar refractivity (Wildman–Crippen MR) is 77.5 cm³/mol. The zero-order valence-electron chi connectivity index (χ0n) is 12.0. The van der Waals surface area contributed by atoms with Crippen molar-refractivity contribution in [1.82, 2.24) is 9.88 Å². The summed E-state index contributed by atoms with van der Waals surface area (Å²) in [6, 6.07) is 5.60. The Morgan fingerprint density at radius 3 is 2.80 bits per heavy atom. The van der Waals surface area contributed by atoms with Crippen LogP contribution in [0.15, 0.2) is 18.2 Å². The molecule has 0 radical (unpaired) electrons. The number of nitrogens with zero attached hydrogens (tertiary/aromatic N) is 2. The van der Waals surface area contributed by atoms with Gasteiger partial charge < -0.3 is 15.4 Å². The Labute approximate surface area is 120 Å². The van der Waals surface area contributed by atoms with E-state index in [-0.39, 0.29) is 11.8 Å². The van der Waals surface area contributed by atoms with Gasteiger partial charge in [-0.25, -0.2) is 4.98 Å². The summed E-state index contributed by atoms with van der Waals surface area (Å²) in [5.74, 6) is 0.549. The fourth-order valence-electron chi connectivity index (χ4n) is 2.58. The van der Waals surface area contributed by atoms with Gasteiger partial charge in [0.2, 0.25) is 11.8 Å². The van der Waals surface area contributed by atoms with Crippen LogP contribution in [0, 0.1) is 5.92 Å². The molecule has 0 aromatic carbocycles. The van der Waals surface area contributed by atoms with E-state index in [2.05, 4.69) is 4.98 Å². The molecule has 1 saturated heterocycles. The van der Waals surface area contributed by atoms with Crippen molar-refractivity contribution in [3.63, 3.8) is 0 Å². The number of likely N-dealkylation sites (tertiary alicyclic amines) is 1. The molecule has 2 rings (SSSR count). The van der Waals surface area contributed by atoms with Crippen LogP contribution in [0.1, 0.15) is 25.0 Å².